The van der Waals surface area contributed by atoms with Crippen molar-refractivity contribution in [2.45, 2.75) is 25.8 Å². The molecule has 1 amide bonds. The summed E-state index contributed by atoms with van der Waals surface area (Å²) >= 11 is 0. The molecule has 1 aromatic carbocycles. The summed E-state index contributed by atoms with van der Waals surface area (Å²) in [5, 5.41) is 13.8. The highest BCUT2D eigenvalue weighted by molar-refractivity contribution is 5.98. The van der Waals surface area contributed by atoms with Crippen LogP contribution in [0.2, 0.25) is 0 Å². The van der Waals surface area contributed by atoms with Crippen LogP contribution in [0, 0.1) is 11.6 Å². The Balaban J connectivity index is 2.90. The number of amides is 1. The maximum atomic E-state index is 13.4. The van der Waals surface area contributed by atoms with Crippen LogP contribution in [0.25, 0.3) is 0 Å². The third-order valence-electron chi connectivity index (χ3n) is 2.53. The van der Waals surface area contributed by atoms with E-state index in [1.54, 1.807) is 0 Å². The van der Waals surface area contributed by atoms with E-state index in [0.717, 1.165) is 18.2 Å². The van der Waals surface area contributed by atoms with Crippen molar-refractivity contribution >= 4 is 11.7 Å². The van der Waals surface area contributed by atoms with Crippen LogP contribution in [0.4, 0.5) is 8.78 Å². The lowest BCUT2D eigenvalue weighted by molar-refractivity contribution is 0.0940. The summed E-state index contributed by atoms with van der Waals surface area (Å²) in [6, 6.07) is 1.84. The number of rotatable bonds is 5. The molecule has 19 heavy (non-hydrogen) atoms. The fourth-order valence-electron chi connectivity index (χ4n) is 1.56. The van der Waals surface area contributed by atoms with Crippen LogP contribution in [0.3, 0.4) is 0 Å². The van der Waals surface area contributed by atoms with Crippen molar-refractivity contribution in [3.63, 3.8) is 0 Å². The standard InChI is InChI=1S/C12H15F2N3O2/c1-2-3-10(11(15)17-19)16-12(18)8-6-7(13)4-5-9(8)14/h4-6,10,19H,2-3H2,1H3,(H2,15,17)(H,16,18). The summed E-state index contributed by atoms with van der Waals surface area (Å²) in [5.41, 5.74) is 4.99. The molecule has 4 N–H and O–H groups in total. The van der Waals surface area contributed by atoms with Crippen LogP contribution >= 0.6 is 0 Å². The molecule has 5 nitrogen and oxygen atoms in total. The van der Waals surface area contributed by atoms with Gasteiger partial charge in [0.1, 0.15) is 11.6 Å². The minimum atomic E-state index is -0.839. The minimum absolute atomic E-state index is 0.188. The molecular weight excluding hydrogens is 256 g/mol. The fraction of sp³-hybridized carbons (Fsp3) is 0.333. The second kappa shape index (κ2) is 6.67. The van der Waals surface area contributed by atoms with Crippen molar-refractivity contribution in [1.29, 1.82) is 0 Å². The second-order valence-electron chi connectivity index (χ2n) is 3.96. The van der Waals surface area contributed by atoms with Gasteiger partial charge in [0, 0.05) is 0 Å². The molecule has 7 heteroatoms. The van der Waals surface area contributed by atoms with Crippen LogP contribution in [0.15, 0.2) is 23.4 Å². The maximum Gasteiger partial charge on any atom is 0.254 e. The molecule has 0 saturated carbocycles. The van der Waals surface area contributed by atoms with Gasteiger partial charge in [-0.15, -0.1) is 0 Å². The van der Waals surface area contributed by atoms with Crippen molar-refractivity contribution in [1.82, 2.24) is 5.32 Å². The Morgan fingerprint density at radius 2 is 2.21 bits per heavy atom. The Morgan fingerprint density at radius 3 is 2.79 bits per heavy atom. The number of carbonyl (C=O) groups is 1. The summed E-state index contributed by atoms with van der Waals surface area (Å²) in [7, 11) is 0. The van der Waals surface area contributed by atoms with E-state index in [1.807, 2.05) is 6.92 Å². The third kappa shape index (κ3) is 3.90. The van der Waals surface area contributed by atoms with Crippen LogP contribution < -0.4 is 11.1 Å². The SMILES string of the molecule is CCCC(NC(=O)c1cc(F)ccc1F)/C(N)=N/O. The first-order chi connectivity index (χ1) is 8.99. The molecule has 0 aromatic heterocycles. The number of nitrogens with zero attached hydrogens (tertiary/aromatic N) is 1. The van der Waals surface area contributed by atoms with Gasteiger partial charge in [0.15, 0.2) is 5.84 Å². The van der Waals surface area contributed by atoms with Gasteiger partial charge in [0.05, 0.1) is 11.6 Å². The summed E-state index contributed by atoms with van der Waals surface area (Å²) in [5.74, 6) is -2.56. The molecule has 1 unspecified atom stereocenters. The number of nitrogens with two attached hydrogens (primary N) is 1. The van der Waals surface area contributed by atoms with E-state index in [2.05, 4.69) is 10.5 Å². The van der Waals surface area contributed by atoms with E-state index in [0.29, 0.717) is 12.8 Å². The molecule has 1 rings (SSSR count). The number of benzene rings is 1. The lowest BCUT2D eigenvalue weighted by Gasteiger charge is -2.16. The summed E-state index contributed by atoms with van der Waals surface area (Å²) in [6.07, 6.45) is 1.07. The molecule has 0 bridgehead atoms. The van der Waals surface area contributed by atoms with E-state index >= 15 is 0 Å². The van der Waals surface area contributed by atoms with E-state index < -0.39 is 29.1 Å². The van der Waals surface area contributed by atoms with Gasteiger partial charge >= 0.3 is 0 Å². The summed E-state index contributed by atoms with van der Waals surface area (Å²) in [4.78, 5) is 11.8. The highest BCUT2D eigenvalue weighted by Crippen LogP contribution is 2.10. The average molecular weight is 271 g/mol. The molecular formula is C12H15F2N3O2. The van der Waals surface area contributed by atoms with Crippen LogP contribution in [-0.4, -0.2) is 23.0 Å². The number of amidine groups is 1. The van der Waals surface area contributed by atoms with Crippen molar-refractivity contribution in [2.24, 2.45) is 10.9 Å². The Bertz CT molecular complexity index is 492. The van der Waals surface area contributed by atoms with Gasteiger partial charge in [-0.05, 0) is 24.6 Å². The number of halogens is 2. The maximum absolute atomic E-state index is 13.4. The van der Waals surface area contributed by atoms with Crippen LogP contribution in [0.5, 0.6) is 0 Å². The molecule has 0 heterocycles. The van der Waals surface area contributed by atoms with Crippen LogP contribution in [0.1, 0.15) is 30.1 Å². The zero-order chi connectivity index (χ0) is 14.4. The Kier molecular flexibility index (Phi) is 5.23. The lowest BCUT2D eigenvalue weighted by atomic mass is 10.1. The fourth-order valence-corrected chi connectivity index (χ4v) is 1.56. The van der Waals surface area contributed by atoms with Crippen molar-refractivity contribution in [3.05, 3.63) is 35.4 Å². The highest BCUT2D eigenvalue weighted by Gasteiger charge is 2.19. The van der Waals surface area contributed by atoms with Crippen molar-refractivity contribution in [3.8, 4) is 0 Å². The predicted molar refractivity (Wildman–Crippen MR) is 65.9 cm³/mol. The quantitative estimate of drug-likeness (QED) is 0.329. The molecule has 1 aromatic rings. The smallest absolute Gasteiger partial charge is 0.254 e. The third-order valence-corrected chi connectivity index (χ3v) is 2.53. The largest absolute Gasteiger partial charge is 0.409 e. The molecule has 0 aliphatic rings. The first-order valence-electron chi connectivity index (χ1n) is 5.73. The molecule has 104 valence electrons. The van der Waals surface area contributed by atoms with Gasteiger partial charge in [-0.1, -0.05) is 18.5 Å². The lowest BCUT2D eigenvalue weighted by Crippen LogP contribution is -2.44. The van der Waals surface area contributed by atoms with E-state index in [9.17, 15) is 13.6 Å². The first kappa shape index (κ1) is 14.9. The zero-order valence-electron chi connectivity index (χ0n) is 10.4. The number of carbonyl (C=O) groups excluding carboxylic acids is 1. The Hall–Kier alpha value is -2.18. The first-order valence-corrected chi connectivity index (χ1v) is 5.73. The van der Waals surface area contributed by atoms with Gasteiger partial charge in [0.2, 0.25) is 0 Å². The Labute approximate surface area is 109 Å². The number of nitrogens with one attached hydrogen (secondary N) is 1. The van der Waals surface area contributed by atoms with Gasteiger partial charge in [-0.3, -0.25) is 4.79 Å². The molecule has 0 saturated heterocycles. The minimum Gasteiger partial charge on any atom is -0.409 e. The van der Waals surface area contributed by atoms with Crippen molar-refractivity contribution in [2.75, 3.05) is 0 Å². The molecule has 0 fully saturated rings. The number of hydrogen-bond acceptors (Lipinski definition) is 3. The van der Waals surface area contributed by atoms with E-state index in [1.165, 1.54) is 0 Å². The zero-order valence-corrected chi connectivity index (χ0v) is 10.4. The number of oxime groups is 1. The molecule has 1 atom stereocenters. The average Bonchev–Trinajstić information content (AvgIpc) is 2.40. The second-order valence-corrected chi connectivity index (χ2v) is 3.96. The van der Waals surface area contributed by atoms with Crippen LogP contribution in [-0.2, 0) is 0 Å². The molecule has 0 spiro atoms. The molecule has 0 aliphatic carbocycles. The van der Waals surface area contributed by atoms with E-state index in [-0.39, 0.29) is 5.84 Å². The topological polar surface area (TPSA) is 87.7 Å². The number of hydrogen-bond donors (Lipinski definition) is 3. The summed E-state index contributed by atoms with van der Waals surface area (Å²) < 4.78 is 26.4. The predicted octanol–water partition coefficient (Wildman–Crippen LogP) is 1.61. The molecule has 0 radical (unpaired) electrons. The van der Waals surface area contributed by atoms with Crippen molar-refractivity contribution < 1.29 is 18.8 Å². The van der Waals surface area contributed by atoms with Gasteiger partial charge in [-0.2, -0.15) is 0 Å². The van der Waals surface area contributed by atoms with E-state index in [4.69, 9.17) is 10.9 Å². The van der Waals surface area contributed by atoms with Gasteiger partial charge in [0.25, 0.3) is 5.91 Å². The monoisotopic (exact) mass is 271 g/mol. The van der Waals surface area contributed by atoms with Gasteiger partial charge in [-0.25, -0.2) is 8.78 Å². The highest BCUT2D eigenvalue weighted by atomic mass is 19.1. The molecule has 0 aliphatic heterocycles. The Morgan fingerprint density at radius 1 is 1.53 bits per heavy atom. The normalized spacial score (nSPS) is 13.1. The van der Waals surface area contributed by atoms with Gasteiger partial charge < -0.3 is 16.3 Å². The summed E-state index contributed by atoms with van der Waals surface area (Å²) in [6.45, 7) is 1.84.